The zero-order valence-electron chi connectivity index (χ0n) is 12.3. The molecule has 0 aliphatic carbocycles. The molecule has 0 bridgehead atoms. The van der Waals surface area contributed by atoms with Crippen molar-refractivity contribution >= 4 is 11.8 Å². The van der Waals surface area contributed by atoms with E-state index >= 15 is 0 Å². The van der Waals surface area contributed by atoms with Gasteiger partial charge >= 0.3 is 5.97 Å². The summed E-state index contributed by atoms with van der Waals surface area (Å²) in [6, 6.07) is 0. The van der Waals surface area contributed by atoms with Gasteiger partial charge in [-0.1, -0.05) is 0 Å². The molecular weight excluding hydrogens is 260 g/mol. The highest BCUT2D eigenvalue weighted by Gasteiger charge is 2.15. The van der Waals surface area contributed by atoms with Gasteiger partial charge in [-0.15, -0.1) is 0 Å². The summed E-state index contributed by atoms with van der Waals surface area (Å²) >= 11 is 0. The summed E-state index contributed by atoms with van der Waals surface area (Å²) in [5.74, 6) is -0.0627. The number of nitrogens with zero attached hydrogens (tertiary/aromatic N) is 2. The van der Waals surface area contributed by atoms with Crippen molar-refractivity contribution < 1.29 is 19.1 Å². The first-order valence-corrected chi connectivity index (χ1v) is 6.45. The van der Waals surface area contributed by atoms with Crippen LogP contribution >= 0.6 is 0 Å². The highest BCUT2D eigenvalue weighted by atomic mass is 16.6. The average molecular weight is 280 g/mol. The van der Waals surface area contributed by atoms with Crippen LogP contribution in [0.15, 0.2) is 12.4 Å². The van der Waals surface area contributed by atoms with Crippen LogP contribution in [0.4, 0.5) is 0 Å². The lowest BCUT2D eigenvalue weighted by Crippen LogP contribution is -2.24. The third-order valence-electron chi connectivity index (χ3n) is 2.18. The van der Waals surface area contributed by atoms with Gasteiger partial charge in [0.25, 0.3) is 0 Å². The van der Waals surface area contributed by atoms with Gasteiger partial charge in [0.15, 0.2) is 5.78 Å². The standard InChI is InChI=1S/C14H20N2O4/c1-10(17)11-8-16-12(9-15-11)19-7-5-6-13(18)20-14(2,3)4/h8-9H,5-7H2,1-4H3. The summed E-state index contributed by atoms with van der Waals surface area (Å²) in [5.41, 5.74) is -0.169. The van der Waals surface area contributed by atoms with E-state index in [1.165, 1.54) is 19.3 Å². The molecule has 0 aliphatic heterocycles. The van der Waals surface area contributed by atoms with Crippen LogP contribution in [-0.4, -0.2) is 33.9 Å². The van der Waals surface area contributed by atoms with Crippen molar-refractivity contribution in [3.05, 3.63) is 18.1 Å². The van der Waals surface area contributed by atoms with Crippen LogP contribution in [-0.2, 0) is 9.53 Å². The van der Waals surface area contributed by atoms with Gasteiger partial charge in [0.05, 0.1) is 19.0 Å². The predicted molar refractivity (Wildman–Crippen MR) is 72.6 cm³/mol. The van der Waals surface area contributed by atoms with Crippen molar-refractivity contribution in [2.75, 3.05) is 6.61 Å². The summed E-state index contributed by atoms with van der Waals surface area (Å²) < 4.78 is 10.5. The monoisotopic (exact) mass is 280 g/mol. The normalized spacial score (nSPS) is 11.0. The van der Waals surface area contributed by atoms with Gasteiger partial charge in [-0.05, 0) is 27.2 Å². The zero-order chi connectivity index (χ0) is 15.2. The molecule has 0 amide bonds. The molecule has 0 spiro atoms. The highest BCUT2D eigenvalue weighted by Crippen LogP contribution is 2.10. The number of ketones is 1. The van der Waals surface area contributed by atoms with Crippen LogP contribution < -0.4 is 4.74 Å². The van der Waals surface area contributed by atoms with Crippen LogP contribution in [0.3, 0.4) is 0 Å². The number of aromatic nitrogens is 2. The van der Waals surface area contributed by atoms with Crippen LogP contribution in [0, 0.1) is 0 Å². The summed E-state index contributed by atoms with van der Waals surface area (Å²) in [6.07, 6.45) is 3.58. The first-order chi connectivity index (χ1) is 9.28. The molecule has 6 heteroatoms. The molecule has 0 N–H and O–H groups in total. The van der Waals surface area contributed by atoms with Crippen molar-refractivity contribution in [1.82, 2.24) is 9.97 Å². The molecule has 110 valence electrons. The van der Waals surface area contributed by atoms with Gasteiger partial charge in [-0.3, -0.25) is 9.59 Å². The number of carbonyl (C=O) groups excluding carboxylic acids is 2. The second-order valence-electron chi connectivity index (χ2n) is 5.33. The zero-order valence-corrected chi connectivity index (χ0v) is 12.3. The Hall–Kier alpha value is -1.98. The van der Waals surface area contributed by atoms with E-state index in [-0.39, 0.29) is 18.2 Å². The molecular formula is C14H20N2O4. The Morgan fingerprint density at radius 3 is 2.40 bits per heavy atom. The third-order valence-corrected chi connectivity index (χ3v) is 2.18. The molecule has 0 aromatic carbocycles. The molecule has 20 heavy (non-hydrogen) atoms. The third kappa shape index (κ3) is 6.26. The minimum Gasteiger partial charge on any atom is -0.477 e. The summed E-state index contributed by atoms with van der Waals surface area (Å²) in [4.78, 5) is 30.3. The van der Waals surface area contributed by atoms with E-state index in [0.717, 1.165) is 0 Å². The number of esters is 1. The van der Waals surface area contributed by atoms with Crippen LogP contribution in [0.1, 0.15) is 51.0 Å². The Kier molecular flexibility index (Phi) is 5.61. The maximum Gasteiger partial charge on any atom is 0.306 e. The lowest BCUT2D eigenvalue weighted by molar-refractivity contribution is -0.155. The van der Waals surface area contributed by atoms with Crippen molar-refractivity contribution in [2.24, 2.45) is 0 Å². The molecule has 0 fully saturated rings. The topological polar surface area (TPSA) is 78.4 Å². The Labute approximate surface area is 118 Å². The number of Topliss-reactive ketones (excluding diaryl/α,β-unsaturated/α-hetero) is 1. The Morgan fingerprint density at radius 1 is 1.20 bits per heavy atom. The van der Waals surface area contributed by atoms with Gasteiger partial charge in [-0.2, -0.15) is 0 Å². The highest BCUT2D eigenvalue weighted by molar-refractivity contribution is 5.91. The molecule has 0 radical (unpaired) electrons. The fourth-order valence-corrected chi connectivity index (χ4v) is 1.36. The van der Waals surface area contributed by atoms with E-state index in [4.69, 9.17) is 9.47 Å². The van der Waals surface area contributed by atoms with Crippen LogP contribution in [0.2, 0.25) is 0 Å². The van der Waals surface area contributed by atoms with Gasteiger partial charge in [0.2, 0.25) is 5.88 Å². The van der Waals surface area contributed by atoms with E-state index in [1.54, 1.807) is 0 Å². The van der Waals surface area contributed by atoms with Crippen molar-refractivity contribution in [3.8, 4) is 5.88 Å². The predicted octanol–water partition coefficient (Wildman–Crippen LogP) is 2.18. The Morgan fingerprint density at radius 2 is 1.90 bits per heavy atom. The van der Waals surface area contributed by atoms with Crippen molar-refractivity contribution in [2.45, 2.75) is 46.1 Å². The lowest BCUT2D eigenvalue weighted by Gasteiger charge is -2.19. The second-order valence-corrected chi connectivity index (χ2v) is 5.33. The van der Waals surface area contributed by atoms with Gasteiger partial charge in [-0.25, -0.2) is 9.97 Å². The minimum atomic E-state index is -0.466. The quantitative estimate of drug-likeness (QED) is 0.451. The maximum absolute atomic E-state index is 11.4. The van der Waals surface area contributed by atoms with Gasteiger partial charge in [0, 0.05) is 13.3 Å². The fraction of sp³-hybridized carbons (Fsp3) is 0.571. The van der Waals surface area contributed by atoms with E-state index in [0.29, 0.717) is 24.6 Å². The Bertz CT molecular complexity index is 463. The Balaban J connectivity index is 2.27. The van der Waals surface area contributed by atoms with Gasteiger partial charge in [0.1, 0.15) is 11.3 Å². The number of rotatable bonds is 6. The SMILES string of the molecule is CC(=O)c1cnc(OCCCC(=O)OC(C)(C)C)cn1. The number of carbonyl (C=O) groups is 2. The lowest BCUT2D eigenvalue weighted by atomic mass is 10.2. The van der Waals surface area contributed by atoms with E-state index in [1.807, 2.05) is 20.8 Å². The smallest absolute Gasteiger partial charge is 0.306 e. The number of hydrogen-bond donors (Lipinski definition) is 0. The molecule has 1 aromatic heterocycles. The maximum atomic E-state index is 11.4. The molecule has 0 saturated heterocycles. The molecule has 1 rings (SSSR count). The molecule has 0 unspecified atom stereocenters. The first kappa shape index (κ1) is 16.1. The molecule has 0 atom stereocenters. The van der Waals surface area contributed by atoms with Crippen LogP contribution in [0.5, 0.6) is 5.88 Å². The largest absolute Gasteiger partial charge is 0.477 e. The first-order valence-electron chi connectivity index (χ1n) is 6.45. The molecule has 6 nitrogen and oxygen atoms in total. The molecule has 1 aromatic rings. The van der Waals surface area contributed by atoms with E-state index < -0.39 is 5.60 Å². The average Bonchev–Trinajstić information content (AvgIpc) is 2.33. The summed E-state index contributed by atoms with van der Waals surface area (Å²) in [7, 11) is 0. The van der Waals surface area contributed by atoms with E-state index in [9.17, 15) is 9.59 Å². The van der Waals surface area contributed by atoms with Crippen molar-refractivity contribution in [1.29, 1.82) is 0 Å². The molecule has 1 heterocycles. The number of ether oxygens (including phenoxy) is 2. The summed E-state index contributed by atoms with van der Waals surface area (Å²) in [5, 5.41) is 0. The minimum absolute atomic E-state index is 0.144. The summed E-state index contributed by atoms with van der Waals surface area (Å²) in [6.45, 7) is 7.24. The number of hydrogen-bond acceptors (Lipinski definition) is 6. The second kappa shape index (κ2) is 6.98. The fourth-order valence-electron chi connectivity index (χ4n) is 1.36. The van der Waals surface area contributed by atoms with Crippen LogP contribution in [0.25, 0.3) is 0 Å². The van der Waals surface area contributed by atoms with Gasteiger partial charge < -0.3 is 9.47 Å². The molecule has 0 aliphatic rings. The molecule has 0 saturated carbocycles. The van der Waals surface area contributed by atoms with Crippen molar-refractivity contribution in [3.63, 3.8) is 0 Å². The van der Waals surface area contributed by atoms with E-state index in [2.05, 4.69) is 9.97 Å².